The first-order valence-electron chi connectivity index (χ1n) is 4.51. The van der Waals surface area contributed by atoms with Gasteiger partial charge in [0.1, 0.15) is 6.29 Å². The van der Waals surface area contributed by atoms with E-state index in [0.717, 1.165) is 11.8 Å². The third-order valence-electron chi connectivity index (χ3n) is 2.07. The number of allylic oxidation sites excluding steroid dienone is 1. The highest BCUT2D eigenvalue weighted by atomic mass is 16.6. The third kappa shape index (κ3) is 2.74. The summed E-state index contributed by atoms with van der Waals surface area (Å²) in [5, 5.41) is 10.6. The highest BCUT2D eigenvalue weighted by molar-refractivity contribution is 5.62. The second-order valence-corrected chi connectivity index (χ2v) is 3.05. The molecule has 0 atom stereocenters. The van der Waals surface area contributed by atoms with Crippen molar-refractivity contribution >= 4 is 18.0 Å². The first kappa shape index (κ1) is 11.1. The van der Waals surface area contributed by atoms with E-state index in [1.165, 1.54) is 6.07 Å². The Morgan fingerprint density at radius 2 is 2.20 bits per heavy atom. The number of aldehydes is 1. The molecule has 0 saturated heterocycles. The van der Waals surface area contributed by atoms with Gasteiger partial charge in [0.25, 0.3) is 5.69 Å². The van der Waals surface area contributed by atoms with Gasteiger partial charge in [0.15, 0.2) is 0 Å². The summed E-state index contributed by atoms with van der Waals surface area (Å²) in [6.07, 6.45) is 4.50. The zero-order valence-corrected chi connectivity index (χ0v) is 8.34. The molecule has 0 fully saturated rings. The average molecular weight is 205 g/mol. The van der Waals surface area contributed by atoms with Crippen LogP contribution >= 0.6 is 0 Å². The summed E-state index contributed by atoms with van der Waals surface area (Å²) in [6, 6.07) is 4.88. The van der Waals surface area contributed by atoms with Crippen LogP contribution in [0.4, 0.5) is 5.69 Å². The molecule has 0 radical (unpaired) electrons. The van der Waals surface area contributed by atoms with Crippen molar-refractivity contribution in [1.82, 2.24) is 0 Å². The number of carbonyl (C=O) groups excluding carboxylic acids is 1. The molecule has 0 saturated carbocycles. The fourth-order valence-corrected chi connectivity index (χ4v) is 1.27. The quantitative estimate of drug-likeness (QED) is 0.431. The van der Waals surface area contributed by atoms with Gasteiger partial charge in [0.2, 0.25) is 0 Å². The molecule has 15 heavy (non-hydrogen) atoms. The summed E-state index contributed by atoms with van der Waals surface area (Å²) in [6.45, 7) is 1.69. The molecule has 0 heterocycles. The van der Waals surface area contributed by atoms with Crippen molar-refractivity contribution in [1.29, 1.82) is 0 Å². The maximum Gasteiger partial charge on any atom is 0.272 e. The largest absolute Gasteiger partial charge is 0.303 e. The minimum absolute atomic E-state index is 0.100. The smallest absolute Gasteiger partial charge is 0.272 e. The average Bonchev–Trinajstić information content (AvgIpc) is 2.20. The van der Waals surface area contributed by atoms with E-state index in [2.05, 4.69) is 0 Å². The van der Waals surface area contributed by atoms with Crippen LogP contribution < -0.4 is 0 Å². The van der Waals surface area contributed by atoms with E-state index in [0.29, 0.717) is 12.0 Å². The fourth-order valence-electron chi connectivity index (χ4n) is 1.27. The predicted molar refractivity (Wildman–Crippen MR) is 57.5 cm³/mol. The minimum Gasteiger partial charge on any atom is -0.303 e. The van der Waals surface area contributed by atoms with Gasteiger partial charge in [-0.1, -0.05) is 24.3 Å². The molecule has 4 heteroatoms. The third-order valence-corrected chi connectivity index (χ3v) is 2.07. The molecule has 0 amide bonds. The first-order valence-corrected chi connectivity index (χ1v) is 4.51. The van der Waals surface area contributed by atoms with Crippen LogP contribution in [-0.4, -0.2) is 11.2 Å². The summed E-state index contributed by atoms with van der Waals surface area (Å²) >= 11 is 0. The van der Waals surface area contributed by atoms with Gasteiger partial charge in [-0.15, -0.1) is 0 Å². The van der Waals surface area contributed by atoms with Crippen LogP contribution in [0.15, 0.2) is 24.3 Å². The lowest BCUT2D eigenvalue weighted by atomic mass is 10.1. The molecule has 0 aliphatic carbocycles. The Morgan fingerprint density at radius 1 is 1.47 bits per heavy atom. The first-order chi connectivity index (χ1) is 7.16. The van der Waals surface area contributed by atoms with Crippen LogP contribution in [0.5, 0.6) is 0 Å². The Morgan fingerprint density at radius 3 is 2.80 bits per heavy atom. The lowest BCUT2D eigenvalue weighted by Crippen LogP contribution is -1.93. The molecule has 0 N–H and O–H groups in total. The Kier molecular flexibility index (Phi) is 3.74. The van der Waals surface area contributed by atoms with E-state index in [-0.39, 0.29) is 5.69 Å². The SMILES string of the molecule is Cc1c(C=CCC=O)cccc1[N+](=O)[O-]. The topological polar surface area (TPSA) is 60.2 Å². The number of nitro groups is 1. The zero-order valence-electron chi connectivity index (χ0n) is 8.34. The van der Waals surface area contributed by atoms with Crippen molar-refractivity contribution in [3.63, 3.8) is 0 Å². The molecule has 1 aromatic rings. The van der Waals surface area contributed by atoms with E-state index in [1.807, 2.05) is 0 Å². The van der Waals surface area contributed by atoms with Gasteiger partial charge in [-0.05, 0) is 12.5 Å². The summed E-state index contributed by atoms with van der Waals surface area (Å²) < 4.78 is 0. The van der Waals surface area contributed by atoms with Crippen molar-refractivity contribution in [2.75, 3.05) is 0 Å². The van der Waals surface area contributed by atoms with Crippen molar-refractivity contribution in [3.8, 4) is 0 Å². The van der Waals surface area contributed by atoms with Crippen molar-refractivity contribution in [2.45, 2.75) is 13.3 Å². The molecule has 0 aromatic heterocycles. The Labute approximate surface area is 87.4 Å². The molecular formula is C11H11NO3. The van der Waals surface area contributed by atoms with E-state index >= 15 is 0 Å². The number of hydrogen-bond acceptors (Lipinski definition) is 3. The van der Waals surface area contributed by atoms with Crippen LogP contribution in [0.1, 0.15) is 17.5 Å². The maximum atomic E-state index is 10.6. The zero-order chi connectivity index (χ0) is 11.3. The second kappa shape index (κ2) is 5.05. The maximum absolute atomic E-state index is 10.6. The molecule has 0 unspecified atom stereocenters. The molecule has 0 spiro atoms. The Hall–Kier alpha value is -1.97. The number of rotatable bonds is 4. The molecule has 0 bridgehead atoms. The molecule has 78 valence electrons. The minimum atomic E-state index is -0.410. The summed E-state index contributed by atoms with van der Waals surface area (Å²) in [5.41, 5.74) is 1.49. The number of nitrogens with zero attached hydrogens (tertiary/aromatic N) is 1. The molecular weight excluding hydrogens is 194 g/mol. The van der Waals surface area contributed by atoms with Crippen LogP contribution in [0.3, 0.4) is 0 Å². The lowest BCUT2D eigenvalue weighted by molar-refractivity contribution is -0.385. The number of hydrogen-bond donors (Lipinski definition) is 0. The van der Waals surface area contributed by atoms with Crippen LogP contribution in [0.2, 0.25) is 0 Å². The molecule has 1 rings (SSSR count). The van der Waals surface area contributed by atoms with Gasteiger partial charge >= 0.3 is 0 Å². The van der Waals surface area contributed by atoms with Crippen LogP contribution in [0.25, 0.3) is 6.08 Å². The number of benzene rings is 1. The Bertz CT molecular complexity index is 410. The van der Waals surface area contributed by atoms with Crippen LogP contribution in [0, 0.1) is 17.0 Å². The Balaban J connectivity index is 3.04. The van der Waals surface area contributed by atoms with Gasteiger partial charge in [-0.25, -0.2) is 0 Å². The number of nitro benzene ring substituents is 1. The monoisotopic (exact) mass is 205 g/mol. The molecule has 0 aliphatic rings. The van der Waals surface area contributed by atoms with E-state index in [4.69, 9.17) is 0 Å². The van der Waals surface area contributed by atoms with Gasteiger partial charge < -0.3 is 4.79 Å². The van der Waals surface area contributed by atoms with E-state index < -0.39 is 4.92 Å². The summed E-state index contributed by atoms with van der Waals surface area (Å²) in [4.78, 5) is 20.3. The number of carbonyl (C=O) groups is 1. The molecule has 4 nitrogen and oxygen atoms in total. The second-order valence-electron chi connectivity index (χ2n) is 3.05. The van der Waals surface area contributed by atoms with Crippen LogP contribution in [-0.2, 0) is 4.79 Å². The van der Waals surface area contributed by atoms with Crippen molar-refractivity contribution < 1.29 is 9.72 Å². The molecule has 1 aromatic carbocycles. The highest BCUT2D eigenvalue weighted by Crippen LogP contribution is 2.21. The normalized spacial score (nSPS) is 10.5. The van der Waals surface area contributed by atoms with E-state index in [1.54, 1.807) is 31.2 Å². The van der Waals surface area contributed by atoms with Gasteiger partial charge in [0.05, 0.1) is 4.92 Å². The van der Waals surface area contributed by atoms with Crippen molar-refractivity contribution in [3.05, 3.63) is 45.5 Å². The lowest BCUT2D eigenvalue weighted by Gasteiger charge is -2.00. The fraction of sp³-hybridized carbons (Fsp3) is 0.182. The summed E-state index contributed by atoms with van der Waals surface area (Å²) in [5.74, 6) is 0. The van der Waals surface area contributed by atoms with Gasteiger partial charge in [-0.3, -0.25) is 10.1 Å². The molecule has 0 aliphatic heterocycles. The standard InChI is InChI=1S/C11H11NO3/c1-9-10(5-2-3-8-13)6-4-7-11(9)12(14)15/h2,4-8H,3H2,1H3. The summed E-state index contributed by atoms with van der Waals surface area (Å²) in [7, 11) is 0. The van der Waals surface area contributed by atoms with E-state index in [9.17, 15) is 14.9 Å². The highest BCUT2D eigenvalue weighted by Gasteiger charge is 2.10. The van der Waals surface area contributed by atoms with Gasteiger partial charge in [0, 0.05) is 18.1 Å². The van der Waals surface area contributed by atoms with Crippen molar-refractivity contribution in [2.24, 2.45) is 0 Å². The van der Waals surface area contributed by atoms with Gasteiger partial charge in [-0.2, -0.15) is 0 Å². The predicted octanol–water partition coefficient (Wildman–Crippen LogP) is 2.51.